The van der Waals surface area contributed by atoms with Crippen molar-refractivity contribution in [1.82, 2.24) is 5.43 Å². The average molecular weight is 334 g/mol. The van der Waals surface area contributed by atoms with Crippen LogP contribution in [0.2, 0.25) is 0 Å². The van der Waals surface area contributed by atoms with Gasteiger partial charge >= 0.3 is 6.61 Å². The summed E-state index contributed by atoms with van der Waals surface area (Å²) in [6, 6.07) is 12.7. The second-order valence-corrected chi connectivity index (χ2v) is 4.74. The monoisotopic (exact) mass is 334 g/mol. The molecule has 2 aromatic carbocycles. The first-order valence-corrected chi connectivity index (χ1v) is 7.04. The summed E-state index contributed by atoms with van der Waals surface area (Å²) in [5.41, 5.74) is 3.48. The van der Waals surface area contributed by atoms with Gasteiger partial charge in [-0.25, -0.2) is 5.43 Å². The summed E-state index contributed by atoms with van der Waals surface area (Å²) in [5, 5.41) is 3.94. The topological polar surface area (TPSA) is 59.9 Å². The number of ether oxygens (including phenoxy) is 2. The number of carbonyl (C=O) groups excluding carboxylic acids is 1. The van der Waals surface area contributed by atoms with Crippen LogP contribution in [0.4, 0.5) is 8.78 Å². The average Bonchev–Trinajstić information content (AvgIpc) is 2.59. The molecule has 2 aromatic rings. The molecule has 24 heavy (non-hydrogen) atoms. The van der Waals surface area contributed by atoms with Gasteiger partial charge in [0.2, 0.25) is 0 Å². The number of alkyl halides is 2. The van der Waals surface area contributed by atoms with E-state index in [-0.39, 0.29) is 5.75 Å². The summed E-state index contributed by atoms with van der Waals surface area (Å²) >= 11 is 0. The van der Waals surface area contributed by atoms with E-state index in [1.165, 1.54) is 13.2 Å². The first-order valence-electron chi connectivity index (χ1n) is 7.04. The standard InChI is InChI=1S/C17H16F2N2O3/c1-11(14-5-3-4-6-15(14)24-17(18)19)20-21-16(22)12-7-9-13(23-2)10-8-12/h3-10,17H,1-2H3,(H,21,22)/b20-11-. The molecule has 2 rings (SSSR count). The first kappa shape index (κ1) is 17.4. The van der Waals surface area contributed by atoms with E-state index in [1.807, 2.05) is 0 Å². The summed E-state index contributed by atoms with van der Waals surface area (Å²) in [7, 11) is 1.53. The van der Waals surface area contributed by atoms with E-state index in [0.717, 1.165) is 0 Å². The molecule has 0 saturated heterocycles. The van der Waals surface area contributed by atoms with Crippen LogP contribution in [0.1, 0.15) is 22.8 Å². The maximum atomic E-state index is 12.4. The van der Waals surface area contributed by atoms with Gasteiger partial charge in [0.05, 0.1) is 12.8 Å². The number of nitrogens with zero attached hydrogens (tertiary/aromatic N) is 1. The Hall–Kier alpha value is -2.96. The minimum Gasteiger partial charge on any atom is -0.497 e. The highest BCUT2D eigenvalue weighted by atomic mass is 19.3. The third-order valence-electron chi connectivity index (χ3n) is 3.17. The lowest BCUT2D eigenvalue weighted by Gasteiger charge is -2.10. The van der Waals surface area contributed by atoms with Crippen LogP contribution in [0.5, 0.6) is 11.5 Å². The SMILES string of the molecule is COc1ccc(C(=O)N/N=C(/C)c2ccccc2OC(F)F)cc1. The zero-order chi connectivity index (χ0) is 17.5. The lowest BCUT2D eigenvalue weighted by atomic mass is 10.1. The minimum atomic E-state index is -2.94. The van der Waals surface area contributed by atoms with Crippen molar-refractivity contribution >= 4 is 11.6 Å². The van der Waals surface area contributed by atoms with Gasteiger partial charge in [0.15, 0.2) is 0 Å². The zero-order valence-electron chi connectivity index (χ0n) is 13.1. The number of nitrogens with one attached hydrogen (secondary N) is 1. The van der Waals surface area contributed by atoms with E-state index in [2.05, 4.69) is 15.3 Å². The molecular formula is C17H16F2N2O3. The van der Waals surface area contributed by atoms with Gasteiger partial charge in [-0.15, -0.1) is 0 Å². The molecule has 0 atom stereocenters. The lowest BCUT2D eigenvalue weighted by molar-refractivity contribution is -0.0499. The van der Waals surface area contributed by atoms with Crippen molar-refractivity contribution < 1.29 is 23.0 Å². The molecule has 0 saturated carbocycles. The molecule has 0 aliphatic heterocycles. The molecule has 0 spiro atoms. The number of hydrogen-bond acceptors (Lipinski definition) is 4. The van der Waals surface area contributed by atoms with Gasteiger partial charge in [0, 0.05) is 11.1 Å². The van der Waals surface area contributed by atoms with Crippen LogP contribution in [0.25, 0.3) is 0 Å². The van der Waals surface area contributed by atoms with Crippen LogP contribution in [-0.4, -0.2) is 25.3 Å². The summed E-state index contributed by atoms with van der Waals surface area (Å²) in [6.07, 6.45) is 0. The number of halogens is 2. The number of rotatable bonds is 6. The Kier molecular flexibility index (Phi) is 5.83. The fraction of sp³-hybridized carbons (Fsp3) is 0.176. The molecule has 0 bridgehead atoms. The van der Waals surface area contributed by atoms with E-state index < -0.39 is 12.5 Å². The van der Waals surface area contributed by atoms with Gasteiger partial charge in [-0.1, -0.05) is 12.1 Å². The van der Waals surface area contributed by atoms with Crippen molar-refractivity contribution in [3.63, 3.8) is 0 Å². The molecule has 1 amide bonds. The van der Waals surface area contributed by atoms with Crippen molar-refractivity contribution in [3.8, 4) is 11.5 Å². The normalized spacial score (nSPS) is 11.3. The van der Waals surface area contributed by atoms with E-state index in [1.54, 1.807) is 49.4 Å². The molecule has 126 valence electrons. The lowest BCUT2D eigenvalue weighted by Crippen LogP contribution is -2.19. The number of hydrogen-bond donors (Lipinski definition) is 1. The summed E-state index contributed by atoms with van der Waals surface area (Å²) < 4.78 is 34.3. The summed E-state index contributed by atoms with van der Waals surface area (Å²) in [4.78, 5) is 12.0. The molecule has 5 nitrogen and oxygen atoms in total. The molecule has 0 radical (unpaired) electrons. The van der Waals surface area contributed by atoms with Gasteiger partial charge in [-0.2, -0.15) is 13.9 Å². The van der Waals surface area contributed by atoms with Gasteiger partial charge < -0.3 is 9.47 Å². The van der Waals surface area contributed by atoms with Crippen LogP contribution >= 0.6 is 0 Å². The van der Waals surface area contributed by atoms with Gasteiger partial charge in [0.25, 0.3) is 5.91 Å². The second kappa shape index (κ2) is 8.05. The van der Waals surface area contributed by atoms with Crippen molar-refractivity contribution in [2.45, 2.75) is 13.5 Å². The van der Waals surface area contributed by atoms with E-state index in [9.17, 15) is 13.6 Å². The Morgan fingerprint density at radius 2 is 1.79 bits per heavy atom. The summed E-state index contributed by atoms with van der Waals surface area (Å²) in [6.45, 7) is -1.35. The molecule has 0 unspecified atom stereocenters. The Balaban J connectivity index is 2.12. The predicted octanol–water partition coefficient (Wildman–Crippen LogP) is 3.45. The molecule has 7 heteroatoms. The Morgan fingerprint density at radius 3 is 2.42 bits per heavy atom. The van der Waals surface area contributed by atoms with Crippen LogP contribution in [-0.2, 0) is 0 Å². The van der Waals surface area contributed by atoms with Crippen molar-refractivity contribution in [3.05, 3.63) is 59.7 Å². The second-order valence-electron chi connectivity index (χ2n) is 4.74. The Morgan fingerprint density at radius 1 is 1.12 bits per heavy atom. The quantitative estimate of drug-likeness (QED) is 0.650. The Bertz CT molecular complexity index is 731. The smallest absolute Gasteiger partial charge is 0.387 e. The first-order chi connectivity index (χ1) is 11.5. The fourth-order valence-corrected chi connectivity index (χ4v) is 1.97. The predicted molar refractivity (Wildman–Crippen MR) is 85.7 cm³/mol. The van der Waals surface area contributed by atoms with Gasteiger partial charge in [0.1, 0.15) is 11.5 Å². The highest BCUT2D eigenvalue weighted by Crippen LogP contribution is 2.21. The summed E-state index contributed by atoms with van der Waals surface area (Å²) in [5.74, 6) is 0.195. The fourth-order valence-electron chi connectivity index (χ4n) is 1.97. The third-order valence-corrected chi connectivity index (χ3v) is 3.17. The van der Waals surface area contributed by atoms with Crippen LogP contribution in [0.3, 0.4) is 0 Å². The number of benzene rings is 2. The van der Waals surface area contributed by atoms with Crippen molar-refractivity contribution in [1.29, 1.82) is 0 Å². The molecule has 0 aliphatic rings. The van der Waals surface area contributed by atoms with Crippen LogP contribution in [0.15, 0.2) is 53.6 Å². The van der Waals surface area contributed by atoms with Crippen LogP contribution in [0, 0.1) is 0 Å². The number of methoxy groups -OCH3 is 1. The largest absolute Gasteiger partial charge is 0.497 e. The zero-order valence-corrected chi connectivity index (χ0v) is 13.1. The molecule has 0 heterocycles. The highest BCUT2D eigenvalue weighted by Gasteiger charge is 2.12. The molecule has 1 N–H and O–H groups in total. The molecule has 0 aliphatic carbocycles. The maximum Gasteiger partial charge on any atom is 0.387 e. The van der Waals surface area contributed by atoms with Crippen LogP contribution < -0.4 is 14.9 Å². The number of para-hydroxylation sites is 1. The Labute approximate surface area is 137 Å². The molecular weight excluding hydrogens is 318 g/mol. The van der Waals surface area contributed by atoms with E-state index >= 15 is 0 Å². The number of hydrazone groups is 1. The van der Waals surface area contributed by atoms with Gasteiger partial charge in [-0.05, 0) is 43.3 Å². The maximum absolute atomic E-state index is 12.4. The van der Waals surface area contributed by atoms with E-state index in [0.29, 0.717) is 22.6 Å². The molecule has 0 fully saturated rings. The van der Waals surface area contributed by atoms with Gasteiger partial charge in [-0.3, -0.25) is 4.79 Å². The van der Waals surface area contributed by atoms with Crippen molar-refractivity contribution in [2.24, 2.45) is 5.10 Å². The van der Waals surface area contributed by atoms with E-state index in [4.69, 9.17) is 4.74 Å². The molecule has 0 aromatic heterocycles. The highest BCUT2D eigenvalue weighted by molar-refractivity contribution is 6.02. The van der Waals surface area contributed by atoms with Crippen molar-refractivity contribution in [2.75, 3.05) is 7.11 Å². The minimum absolute atomic E-state index is 0.00699. The number of amides is 1. The third kappa shape index (κ3) is 4.52. The number of carbonyl (C=O) groups is 1.